The third-order valence-electron chi connectivity index (χ3n) is 1.28. The number of benzene rings is 1. The van der Waals surface area contributed by atoms with Gasteiger partial charge in [0, 0.05) is 14.6 Å². The molecule has 0 aliphatic rings. The largest absolute Gasteiger partial charge is 0.489 e. The molecule has 2 nitrogen and oxygen atoms in total. The summed E-state index contributed by atoms with van der Waals surface area (Å²) in [6.45, 7) is -2.23. The van der Waals surface area contributed by atoms with Gasteiger partial charge in [0.05, 0.1) is 0 Å². The molecule has 0 radical (unpaired) electrons. The first-order chi connectivity index (χ1) is 6.32. The number of halogens is 1. The Hall–Kier alpha value is -0.505. The van der Waals surface area contributed by atoms with E-state index in [2.05, 4.69) is 0 Å². The molecule has 0 saturated carbocycles. The van der Waals surface area contributed by atoms with Crippen molar-refractivity contribution in [3.63, 3.8) is 0 Å². The molecule has 4 heteroatoms. The number of hydrogen-bond donors (Lipinski definition) is 2. The van der Waals surface area contributed by atoms with Gasteiger partial charge in [0.2, 0.25) is 0 Å². The summed E-state index contributed by atoms with van der Waals surface area (Å²) >= 11 is 5.66. The zero-order valence-electron chi connectivity index (χ0n) is 8.58. The molecule has 0 aliphatic heterocycles. The normalized spacial score (nSPS) is 15.0. The minimum absolute atomic E-state index is 0.0358. The van der Waals surface area contributed by atoms with Gasteiger partial charge in [-0.15, -0.1) is 0 Å². The molecule has 0 aromatic heterocycles. The van der Waals surface area contributed by atoms with Gasteiger partial charge in [-0.2, -0.15) is 0 Å². The Morgan fingerprint density at radius 2 is 2.27 bits per heavy atom. The molecule has 2 N–H and O–H groups in total. The van der Waals surface area contributed by atoms with Gasteiger partial charge in [0.15, 0.2) is 0 Å². The van der Waals surface area contributed by atoms with E-state index in [0.717, 1.165) is 0 Å². The maximum absolute atomic E-state index is 8.83. The molecule has 11 heavy (non-hydrogen) atoms. The number of aryl methyl sites for hydroxylation is 1. The fourth-order valence-corrected chi connectivity index (χ4v) is 1.01. The van der Waals surface area contributed by atoms with Crippen molar-refractivity contribution >= 4 is 24.2 Å². The van der Waals surface area contributed by atoms with Crippen molar-refractivity contribution < 1.29 is 14.2 Å². The van der Waals surface area contributed by atoms with Crippen LogP contribution >= 0.6 is 11.6 Å². The van der Waals surface area contributed by atoms with Gasteiger partial charge in [-0.1, -0.05) is 23.7 Å². The Kier molecular flexibility index (Phi) is 1.54. The average Bonchev–Trinajstić information content (AvgIpc) is 2.01. The smallest absolute Gasteiger partial charge is 0.423 e. The summed E-state index contributed by atoms with van der Waals surface area (Å²) in [5, 5.41) is 17.7. The highest BCUT2D eigenvalue weighted by Gasteiger charge is 2.13. The summed E-state index contributed by atoms with van der Waals surface area (Å²) in [4.78, 5) is 0. The Morgan fingerprint density at radius 3 is 2.73 bits per heavy atom. The van der Waals surface area contributed by atoms with Gasteiger partial charge in [0.1, 0.15) is 0 Å². The average molecular weight is 173 g/mol. The molecule has 0 heterocycles. The zero-order valence-corrected chi connectivity index (χ0v) is 6.34. The van der Waals surface area contributed by atoms with Crippen LogP contribution in [0.15, 0.2) is 18.2 Å². The van der Waals surface area contributed by atoms with Crippen LogP contribution in [0.25, 0.3) is 0 Å². The summed E-state index contributed by atoms with van der Waals surface area (Å²) in [6, 6.07) is 3.80. The van der Waals surface area contributed by atoms with E-state index in [-0.39, 0.29) is 16.0 Å². The number of rotatable bonds is 1. The van der Waals surface area contributed by atoms with Crippen LogP contribution in [-0.4, -0.2) is 17.2 Å². The molecule has 1 rings (SSSR count). The lowest BCUT2D eigenvalue weighted by atomic mass is 9.80. The lowest BCUT2D eigenvalue weighted by molar-refractivity contribution is 0.426. The summed E-state index contributed by atoms with van der Waals surface area (Å²) in [5.41, 5.74) is 0.173. The van der Waals surface area contributed by atoms with Gasteiger partial charge in [0.25, 0.3) is 0 Å². The van der Waals surface area contributed by atoms with Crippen LogP contribution in [0.5, 0.6) is 0 Å². The molecule has 0 amide bonds. The third kappa shape index (κ3) is 1.96. The Labute approximate surface area is 74.8 Å². The van der Waals surface area contributed by atoms with Crippen molar-refractivity contribution in [3.8, 4) is 0 Å². The van der Waals surface area contributed by atoms with Crippen LogP contribution in [0.2, 0.25) is 5.02 Å². The topological polar surface area (TPSA) is 40.5 Å². The Bertz CT molecular complexity index is 340. The molecule has 0 unspecified atom stereocenters. The first-order valence-electron chi connectivity index (χ1n) is 4.48. The highest BCUT2D eigenvalue weighted by atomic mass is 35.5. The fourth-order valence-electron chi connectivity index (χ4n) is 0.737. The van der Waals surface area contributed by atoms with Crippen LogP contribution in [0.3, 0.4) is 0 Å². The standard InChI is InChI=1S/C7H8BClO2/c1-5-2-3-6(8(10)11)7(9)4-5/h2-4,10-11H,1H3/i1D3. The van der Waals surface area contributed by atoms with E-state index >= 15 is 0 Å². The molecule has 0 bridgehead atoms. The summed E-state index contributed by atoms with van der Waals surface area (Å²) in [7, 11) is -1.69. The highest BCUT2D eigenvalue weighted by Crippen LogP contribution is 2.07. The van der Waals surface area contributed by atoms with E-state index in [4.69, 9.17) is 25.8 Å². The van der Waals surface area contributed by atoms with Crippen molar-refractivity contribution in [2.75, 3.05) is 0 Å². The Morgan fingerprint density at radius 1 is 1.55 bits per heavy atom. The van der Waals surface area contributed by atoms with Crippen LogP contribution in [0, 0.1) is 6.85 Å². The monoisotopic (exact) mass is 173 g/mol. The molecule has 0 spiro atoms. The van der Waals surface area contributed by atoms with Crippen molar-refractivity contribution in [2.24, 2.45) is 0 Å². The van der Waals surface area contributed by atoms with Crippen molar-refractivity contribution in [3.05, 3.63) is 28.8 Å². The van der Waals surface area contributed by atoms with Crippen LogP contribution in [0.1, 0.15) is 9.68 Å². The minimum Gasteiger partial charge on any atom is -0.423 e. The first-order valence-corrected chi connectivity index (χ1v) is 3.36. The predicted molar refractivity (Wildman–Crippen MR) is 46.0 cm³/mol. The predicted octanol–water partition coefficient (Wildman–Crippen LogP) is 0.328. The molecular formula is C7H8BClO2. The second-order valence-corrected chi connectivity index (χ2v) is 2.52. The Balaban J connectivity index is 3.13. The van der Waals surface area contributed by atoms with Gasteiger partial charge < -0.3 is 10.0 Å². The second kappa shape index (κ2) is 3.26. The minimum atomic E-state index is -2.23. The van der Waals surface area contributed by atoms with Crippen LogP contribution in [-0.2, 0) is 0 Å². The van der Waals surface area contributed by atoms with Crippen molar-refractivity contribution in [1.82, 2.24) is 0 Å². The molecule has 0 aliphatic carbocycles. The van der Waals surface area contributed by atoms with E-state index in [9.17, 15) is 0 Å². The van der Waals surface area contributed by atoms with Crippen molar-refractivity contribution in [2.45, 2.75) is 6.85 Å². The summed E-state index contributed by atoms with van der Waals surface area (Å²) < 4.78 is 21.3. The molecule has 1 aromatic carbocycles. The fraction of sp³-hybridized carbons (Fsp3) is 0.143. The van der Waals surface area contributed by atoms with E-state index in [1.807, 2.05) is 0 Å². The maximum atomic E-state index is 8.83. The SMILES string of the molecule is [2H]C([2H])([2H])c1ccc(B(O)O)c(Cl)c1. The molecule has 0 atom stereocenters. The second-order valence-electron chi connectivity index (χ2n) is 2.11. The van der Waals surface area contributed by atoms with E-state index in [1.165, 1.54) is 18.2 Å². The van der Waals surface area contributed by atoms with Gasteiger partial charge >= 0.3 is 7.12 Å². The molecule has 0 saturated heterocycles. The van der Waals surface area contributed by atoms with E-state index in [0.29, 0.717) is 0 Å². The first kappa shape index (κ1) is 5.20. The van der Waals surface area contributed by atoms with E-state index < -0.39 is 14.0 Å². The molecule has 1 aromatic rings. The zero-order chi connectivity index (χ0) is 10.9. The summed E-state index contributed by atoms with van der Waals surface area (Å²) in [5.74, 6) is 0. The van der Waals surface area contributed by atoms with Crippen molar-refractivity contribution in [1.29, 1.82) is 0 Å². The lowest BCUT2D eigenvalue weighted by Crippen LogP contribution is -2.30. The molecule has 58 valence electrons. The number of hydrogen-bond acceptors (Lipinski definition) is 2. The van der Waals surface area contributed by atoms with E-state index in [1.54, 1.807) is 0 Å². The van der Waals surface area contributed by atoms with Gasteiger partial charge in [-0.3, -0.25) is 0 Å². The van der Waals surface area contributed by atoms with Crippen LogP contribution < -0.4 is 5.46 Å². The quantitative estimate of drug-likeness (QED) is 0.601. The third-order valence-corrected chi connectivity index (χ3v) is 1.61. The molecule has 0 fully saturated rings. The highest BCUT2D eigenvalue weighted by molar-refractivity contribution is 6.62. The molecular weight excluding hydrogens is 162 g/mol. The lowest BCUT2D eigenvalue weighted by Gasteiger charge is -2.02. The maximum Gasteiger partial charge on any atom is 0.489 e. The van der Waals surface area contributed by atoms with Crippen LogP contribution in [0.4, 0.5) is 0 Å². The van der Waals surface area contributed by atoms with Gasteiger partial charge in [-0.25, -0.2) is 0 Å². The van der Waals surface area contributed by atoms with Gasteiger partial charge in [-0.05, 0) is 18.5 Å². The summed E-state index contributed by atoms with van der Waals surface area (Å²) in [6.07, 6.45) is 0.